The maximum Gasteiger partial charge on any atom is 0.140 e. The van der Waals surface area contributed by atoms with Crippen LogP contribution in [0.5, 0.6) is 5.75 Å². The van der Waals surface area contributed by atoms with Gasteiger partial charge < -0.3 is 10.5 Å². The molecule has 3 nitrogen and oxygen atoms in total. The van der Waals surface area contributed by atoms with Crippen molar-refractivity contribution in [2.24, 2.45) is 5.73 Å². The van der Waals surface area contributed by atoms with Crippen molar-refractivity contribution in [3.05, 3.63) is 29.3 Å². The molecule has 74 valence electrons. The maximum atomic E-state index is 8.85. The van der Waals surface area contributed by atoms with Crippen LogP contribution in [0.1, 0.15) is 18.1 Å². The summed E-state index contributed by atoms with van der Waals surface area (Å²) in [6.07, 6.45) is 0. The predicted molar refractivity (Wildman–Crippen MR) is 55.0 cm³/mol. The summed E-state index contributed by atoms with van der Waals surface area (Å²) in [6.45, 7) is 4.21. The number of benzene rings is 1. The Hall–Kier alpha value is -1.53. The first kappa shape index (κ1) is 10.6. The summed E-state index contributed by atoms with van der Waals surface area (Å²) in [5, 5.41) is 8.85. The van der Waals surface area contributed by atoms with Gasteiger partial charge in [-0.1, -0.05) is 12.1 Å². The molecular weight excluding hydrogens is 176 g/mol. The van der Waals surface area contributed by atoms with E-state index in [1.807, 2.05) is 26.0 Å². The van der Waals surface area contributed by atoms with Crippen molar-refractivity contribution < 1.29 is 4.74 Å². The second-order valence-corrected chi connectivity index (χ2v) is 3.35. The first-order chi connectivity index (χ1) is 6.65. The fourth-order valence-corrected chi connectivity index (χ4v) is 1.15. The van der Waals surface area contributed by atoms with Crippen molar-refractivity contribution in [3.63, 3.8) is 0 Å². The van der Waals surface area contributed by atoms with Gasteiger partial charge in [0.05, 0.1) is 5.56 Å². The molecule has 0 radical (unpaired) electrons. The number of nitriles is 1. The van der Waals surface area contributed by atoms with Crippen molar-refractivity contribution >= 4 is 0 Å². The van der Waals surface area contributed by atoms with E-state index in [1.165, 1.54) is 0 Å². The lowest BCUT2D eigenvalue weighted by molar-refractivity contribution is 0.293. The van der Waals surface area contributed by atoms with Gasteiger partial charge in [0.1, 0.15) is 18.4 Å². The van der Waals surface area contributed by atoms with E-state index >= 15 is 0 Å². The van der Waals surface area contributed by atoms with Gasteiger partial charge in [0.2, 0.25) is 0 Å². The van der Waals surface area contributed by atoms with Gasteiger partial charge in [0.15, 0.2) is 0 Å². The monoisotopic (exact) mass is 190 g/mol. The van der Waals surface area contributed by atoms with E-state index in [2.05, 4.69) is 6.07 Å². The lowest BCUT2D eigenvalue weighted by Crippen LogP contribution is -2.24. The molecule has 2 N–H and O–H groups in total. The second kappa shape index (κ2) is 4.64. The van der Waals surface area contributed by atoms with Gasteiger partial charge in [-0.25, -0.2) is 0 Å². The molecule has 1 aromatic carbocycles. The summed E-state index contributed by atoms with van der Waals surface area (Å²) in [7, 11) is 0. The molecule has 0 amide bonds. The number of para-hydroxylation sites is 1. The molecular formula is C11H14N2O. The van der Waals surface area contributed by atoms with Crippen molar-refractivity contribution in [1.82, 2.24) is 0 Å². The number of ether oxygens (including phenoxy) is 1. The van der Waals surface area contributed by atoms with Crippen molar-refractivity contribution in [3.8, 4) is 11.8 Å². The summed E-state index contributed by atoms with van der Waals surface area (Å²) in [5.41, 5.74) is 7.10. The van der Waals surface area contributed by atoms with Crippen LogP contribution in [0.2, 0.25) is 0 Å². The highest BCUT2D eigenvalue weighted by atomic mass is 16.5. The summed E-state index contributed by atoms with van der Waals surface area (Å²) < 4.78 is 5.47. The molecule has 0 aliphatic rings. The molecule has 14 heavy (non-hydrogen) atoms. The van der Waals surface area contributed by atoms with Crippen LogP contribution in [-0.2, 0) is 0 Å². The number of nitrogens with zero attached hydrogens (tertiary/aromatic N) is 1. The van der Waals surface area contributed by atoms with E-state index in [1.54, 1.807) is 6.07 Å². The Balaban J connectivity index is 2.89. The van der Waals surface area contributed by atoms with E-state index in [0.717, 1.165) is 5.56 Å². The van der Waals surface area contributed by atoms with E-state index in [-0.39, 0.29) is 6.04 Å². The normalized spacial score (nSPS) is 11.9. The molecule has 1 aromatic rings. The van der Waals surface area contributed by atoms with Gasteiger partial charge in [0.25, 0.3) is 0 Å². The third-order valence-electron chi connectivity index (χ3n) is 1.82. The fraction of sp³-hybridized carbons (Fsp3) is 0.364. The van der Waals surface area contributed by atoms with Gasteiger partial charge in [-0.3, -0.25) is 0 Å². The zero-order chi connectivity index (χ0) is 10.6. The Labute approximate surface area is 84.1 Å². The van der Waals surface area contributed by atoms with E-state index in [0.29, 0.717) is 17.9 Å². The van der Waals surface area contributed by atoms with E-state index in [4.69, 9.17) is 15.7 Å². The number of nitrogens with two attached hydrogens (primary N) is 1. The van der Waals surface area contributed by atoms with Crippen LogP contribution in [0.15, 0.2) is 18.2 Å². The van der Waals surface area contributed by atoms with Crippen LogP contribution >= 0.6 is 0 Å². The Bertz CT molecular complexity index is 353. The Kier molecular flexibility index (Phi) is 3.49. The summed E-state index contributed by atoms with van der Waals surface area (Å²) in [5.74, 6) is 0.646. The van der Waals surface area contributed by atoms with Crippen LogP contribution in [0, 0.1) is 18.3 Å². The van der Waals surface area contributed by atoms with E-state index < -0.39 is 0 Å². The van der Waals surface area contributed by atoms with Gasteiger partial charge in [0, 0.05) is 6.04 Å². The smallest absolute Gasteiger partial charge is 0.140 e. The molecule has 0 saturated heterocycles. The number of hydrogen-bond donors (Lipinski definition) is 1. The SMILES string of the molecule is Cc1cccc(C#N)c1OCC(C)N. The van der Waals surface area contributed by atoms with Crippen molar-refractivity contribution in [2.45, 2.75) is 19.9 Å². The van der Waals surface area contributed by atoms with E-state index in [9.17, 15) is 0 Å². The zero-order valence-corrected chi connectivity index (χ0v) is 8.45. The van der Waals surface area contributed by atoms with Crippen LogP contribution < -0.4 is 10.5 Å². The molecule has 1 atom stereocenters. The second-order valence-electron chi connectivity index (χ2n) is 3.35. The molecule has 0 fully saturated rings. The summed E-state index contributed by atoms with van der Waals surface area (Å²) >= 11 is 0. The molecule has 0 saturated carbocycles. The largest absolute Gasteiger partial charge is 0.490 e. The highest BCUT2D eigenvalue weighted by Gasteiger charge is 2.06. The molecule has 0 heterocycles. The Morgan fingerprint density at radius 3 is 2.86 bits per heavy atom. The highest BCUT2D eigenvalue weighted by molar-refractivity contribution is 5.47. The zero-order valence-electron chi connectivity index (χ0n) is 8.45. The highest BCUT2D eigenvalue weighted by Crippen LogP contribution is 2.22. The minimum atomic E-state index is -0.0267. The van der Waals surface area contributed by atoms with Crippen molar-refractivity contribution in [2.75, 3.05) is 6.61 Å². The average molecular weight is 190 g/mol. The maximum absolute atomic E-state index is 8.85. The van der Waals surface area contributed by atoms with Crippen molar-refractivity contribution in [1.29, 1.82) is 5.26 Å². The predicted octanol–water partition coefficient (Wildman–Crippen LogP) is 1.59. The lowest BCUT2D eigenvalue weighted by Gasteiger charge is -2.12. The third kappa shape index (κ3) is 2.48. The minimum Gasteiger partial charge on any atom is -0.490 e. The standard InChI is InChI=1S/C11H14N2O/c1-8-4-3-5-10(6-12)11(8)14-7-9(2)13/h3-5,9H,7,13H2,1-2H3. The summed E-state index contributed by atoms with van der Waals surface area (Å²) in [6, 6.07) is 7.56. The van der Waals surface area contributed by atoms with Gasteiger partial charge >= 0.3 is 0 Å². The van der Waals surface area contributed by atoms with Crippen LogP contribution in [0.4, 0.5) is 0 Å². The van der Waals surface area contributed by atoms with Crippen LogP contribution in [0.25, 0.3) is 0 Å². The molecule has 1 rings (SSSR count). The number of hydrogen-bond acceptors (Lipinski definition) is 3. The fourth-order valence-electron chi connectivity index (χ4n) is 1.15. The Morgan fingerprint density at radius 2 is 2.29 bits per heavy atom. The molecule has 1 unspecified atom stereocenters. The lowest BCUT2D eigenvalue weighted by atomic mass is 10.1. The minimum absolute atomic E-state index is 0.0267. The Morgan fingerprint density at radius 1 is 1.57 bits per heavy atom. The molecule has 0 bridgehead atoms. The third-order valence-corrected chi connectivity index (χ3v) is 1.82. The quantitative estimate of drug-likeness (QED) is 0.787. The van der Waals surface area contributed by atoms with Gasteiger partial charge in [-0.2, -0.15) is 5.26 Å². The number of rotatable bonds is 3. The molecule has 0 aliphatic heterocycles. The topological polar surface area (TPSA) is 59.0 Å². The van der Waals surface area contributed by atoms with Crippen LogP contribution in [-0.4, -0.2) is 12.6 Å². The van der Waals surface area contributed by atoms with Gasteiger partial charge in [-0.05, 0) is 25.5 Å². The molecule has 0 aliphatic carbocycles. The summed E-state index contributed by atoms with van der Waals surface area (Å²) in [4.78, 5) is 0. The molecule has 0 spiro atoms. The number of aryl methyl sites for hydroxylation is 1. The first-order valence-electron chi connectivity index (χ1n) is 4.53. The molecule has 0 aromatic heterocycles. The van der Waals surface area contributed by atoms with Crippen LogP contribution in [0.3, 0.4) is 0 Å². The first-order valence-corrected chi connectivity index (χ1v) is 4.53. The molecule has 3 heteroatoms. The average Bonchev–Trinajstić information content (AvgIpc) is 2.15. The van der Waals surface area contributed by atoms with Gasteiger partial charge in [-0.15, -0.1) is 0 Å².